The Morgan fingerprint density at radius 1 is 0.864 bits per heavy atom. The fourth-order valence-electron chi connectivity index (χ4n) is 2.14. The van der Waals surface area contributed by atoms with E-state index in [-0.39, 0.29) is 11.4 Å². The van der Waals surface area contributed by atoms with E-state index in [0.717, 1.165) is 5.56 Å². The van der Waals surface area contributed by atoms with Gasteiger partial charge < -0.3 is 9.47 Å². The maximum atomic E-state index is 10.7. The van der Waals surface area contributed by atoms with Crippen LogP contribution in [0, 0.1) is 0 Å². The molecule has 0 aliphatic carbocycles. The van der Waals surface area contributed by atoms with Gasteiger partial charge in [0.15, 0.2) is 5.75 Å². The van der Waals surface area contributed by atoms with Gasteiger partial charge in [-0.3, -0.25) is 0 Å². The van der Waals surface area contributed by atoms with Crippen LogP contribution in [0.15, 0.2) is 46.4 Å². The second-order valence-electron chi connectivity index (χ2n) is 4.12. The molecule has 0 bridgehead atoms. The number of aliphatic imine (C=N–C) groups is 2. The summed E-state index contributed by atoms with van der Waals surface area (Å²) in [5, 5.41) is 0. The minimum atomic E-state index is 0.115. The number of hydrogen-bond acceptors (Lipinski definition) is 6. The summed E-state index contributed by atoms with van der Waals surface area (Å²) < 4.78 is 10.7. The van der Waals surface area contributed by atoms with Crippen molar-refractivity contribution >= 4 is 23.5 Å². The van der Waals surface area contributed by atoms with Crippen molar-refractivity contribution in [2.45, 2.75) is 0 Å². The van der Waals surface area contributed by atoms with Gasteiger partial charge in [0.25, 0.3) is 0 Å². The first-order valence-corrected chi connectivity index (χ1v) is 6.27. The standard InChI is InChI=1S/C16H12N2O4/c1-21-14-6-4-3-5-11(14)12-7-8-13(17-9-19)15(18-10-20)16(12)22-2/h3-8H,1-2H3. The van der Waals surface area contributed by atoms with Gasteiger partial charge in [0.2, 0.25) is 12.2 Å². The number of para-hydroxylation sites is 1. The third-order valence-corrected chi connectivity index (χ3v) is 3.04. The van der Waals surface area contributed by atoms with Crippen LogP contribution in [0.2, 0.25) is 0 Å². The van der Waals surface area contributed by atoms with E-state index in [2.05, 4.69) is 9.98 Å². The topological polar surface area (TPSA) is 77.3 Å². The fourth-order valence-corrected chi connectivity index (χ4v) is 2.14. The van der Waals surface area contributed by atoms with Gasteiger partial charge in [-0.05, 0) is 18.2 Å². The molecule has 0 saturated carbocycles. The Labute approximate surface area is 126 Å². The molecule has 0 aliphatic heterocycles. The van der Waals surface area contributed by atoms with Crippen molar-refractivity contribution in [2.24, 2.45) is 9.98 Å². The molecule has 0 heterocycles. The van der Waals surface area contributed by atoms with Gasteiger partial charge in [0.1, 0.15) is 17.1 Å². The molecule has 6 heteroatoms. The molecular formula is C16H12N2O4. The lowest BCUT2D eigenvalue weighted by atomic mass is 10.0. The number of ether oxygens (including phenoxy) is 2. The van der Waals surface area contributed by atoms with E-state index < -0.39 is 0 Å². The van der Waals surface area contributed by atoms with E-state index in [1.807, 2.05) is 18.2 Å². The Morgan fingerprint density at radius 3 is 2.23 bits per heavy atom. The van der Waals surface area contributed by atoms with Crippen molar-refractivity contribution in [1.29, 1.82) is 0 Å². The van der Waals surface area contributed by atoms with Crippen LogP contribution in [0.25, 0.3) is 11.1 Å². The lowest BCUT2D eigenvalue weighted by Crippen LogP contribution is -1.92. The zero-order valence-electron chi connectivity index (χ0n) is 12.0. The average molecular weight is 296 g/mol. The van der Waals surface area contributed by atoms with Crippen molar-refractivity contribution in [2.75, 3.05) is 14.2 Å². The molecule has 0 saturated heterocycles. The molecular weight excluding hydrogens is 284 g/mol. The number of hydrogen-bond donors (Lipinski definition) is 0. The maximum Gasteiger partial charge on any atom is 0.240 e. The third kappa shape index (κ3) is 2.79. The van der Waals surface area contributed by atoms with Gasteiger partial charge in [-0.1, -0.05) is 18.2 Å². The molecule has 0 aromatic heterocycles. The summed E-state index contributed by atoms with van der Waals surface area (Å²) in [7, 11) is 2.99. The van der Waals surface area contributed by atoms with Crippen LogP contribution >= 0.6 is 0 Å². The SMILES string of the molecule is COc1ccccc1-c1ccc(N=C=O)c(N=C=O)c1OC. The molecule has 0 atom stereocenters. The Balaban J connectivity index is 2.80. The molecule has 2 rings (SSSR count). The number of methoxy groups -OCH3 is 2. The summed E-state index contributed by atoms with van der Waals surface area (Å²) in [4.78, 5) is 28.3. The summed E-state index contributed by atoms with van der Waals surface area (Å²) in [6, 6.07) is 10.6. The molecule has 0 unspecified atom stereocenters. The van der Waals surface area contributed by atoms with E-state index >= 15 is 0 Å². The van der Waals surface area contributed by atoms with E-state index in [0.29, 0.717) is 17.1 Å². The second kappa shape index (κ2) is 6.99. The second-order valence-corrected chi connectivity index (χ2v) is 4.12. The van der Waals surface area contributed by atoms with E-state index in [1.54, 1.807) is 25.3 Å². The summed E-state index contributed by atoms with van der Waals surface area (Å²) in [5.41, 5.74) is 1.70. The Morgan fingerprint density at radius 2 is 1.59 bits per heavy atom. The monoisotopic (exact) mass is 296 g/mol. The molecule has 6 nitrogen and oxygen atoms in total. The Bertz CT molecular complexity index is 789. The van der Waals surface area contributed by atoms with Gasteiger partial charge in [0, 0.05) is 11.1 Å². The van der Waals surface area contributed by atoms with Crippen molar-refractivity contribution < 1.29 is 19.1 Å². The van der Waals surface area contributed by atoms with Crippen LogP contribution in [0.5, 0.6) is 11.5 Å². The lowest BCUT2D eigenvalue weighted by molar-refractivity contribution is 0.411. The minimum absolute atomic E-state index is 0.115. The maximum absolute atomic E-state index is 10.7. The van der Waals surface area contributed by atoms with Crippen molar-refractivity contribution in [3.8, 4) is 22.6 Å². The normalized spacial score (nSPS) is 9.36. The number of rotatable bonds is 5. The highest BCUT2D eigenvalue weighted by molar-refractivity contribution is 5.87. The number of carbonyl (C=O) groups excluding carboxylic acids is 2. The molecule has 0 N–H and O–H groups in total. The number of benzene rings is 2. The van der Waals surface area contributed by atoms with E-state index in [4.69, 9.17) is 9.47 Å². The van der Waals surface area contributed by atoms with Crippen LogP contribution in [0.4, 0.5) is 11.4 Å². The third-order valence-electron chi connectivity index (χ3n) is 3.04. The summed E-state index contributed by atoms with van der Waals surface area (Å²) in [5.74, 6) is 0.929. The van der Waals surface area contributed by atoms with E-state index in [1.165, 1.54) is 19.3 Å². The highest BCUT2D eigenvalue weighted by atomic mass is 16.5. The van der Waals surface area contributed by atoms with Crippen LogP contribution in [-0.2, 0) is 9.59 Å². The van der Waals surface area contributed by atoms with Crippen molar-refractivity contribution in [3.05, 3.63) is 36.4 Å². The number of nitrogens with zero attached hydrogens (tertiary/aromatic N) is 2. The largest absolute Gasteiger partial charge is 0.496 e. The highest BCUT2D eigenvalue weighted by Gasteiger charge is 2.17. The zero-order valence-corrected chi connectivity index (χ0v) is 12.0. The summed E-state index contributed by atoms with van der Waals surface area (Å²) in [6.45, 7) is 0. The average Bonchev–Trinajstić information content (AvgIpc) is 2.56. The molecule has 0 aliphatic rings. The van der Waals surface area contributed by atoms with Crippen LogP contribution in [-0.4, -0.2) is 26.4 Å². The Kier molecular flexibility index (Phi) is 4.83. The van der Waals surface area contributed by atoms with Crippen molar-refractivity contribution in [3.63, 3.8) is 0 Å². The molecule has 110 valence electrons. The molecule has 0 fully saturated rings. The van der Waals surface area contributed by atoms with Crippen molar-refractivity contribution in [1.82, 2.24) is 0 Å². The summed E-state index contributed by atoms with van der Waals surface area (Å²) >= 11 is 0. The van der Waals surface area contributed by atoms with Crippen LogP contribution < -0.4 is 9.47 Å². The van der Waals surface area contributed by atoms with Crippen LogP contribution in [0.3, 0.4) is 0 Å². The molecule has 2 aromatic rings. The van der Waals surface area contributed by atoms with Gasteiger partial charge >= 0.3 is 0 Å². The van der Waals surface area contributed by atoms with Crippen LogP contribution in [0.1, 0.15) is 0 Å². The molecule has 22 heavy (non-hydrogen) atoms. The predicted octanol–water partition coefficient (Wildman–Crippen LogP) is 3.31. The minimum Gasteiger partial charge on any atom is -0.496 e. The quantitative estimate of drug-likeness (QED) is 0.626. The van der Waals surface area contributed by atoms with Gasteiger partial charge in [-0.25, -0.2) is 9.59 Å². The molecule has 2 aromatic carbocycles. The molecule has 0 spiro atoms. The molecule has 0 amide bonds. The highest BCUT2D eigenvalue weighted by Crippen LogP contribution is 2.46. The predicted molar refractivity (Wildman–Crippen MR) is 80.5 cm³/mol. The number of isocyanates is 2. The smallest absolute Gasteiger partial charge is 0.240 e. The zero-order chi connectivity index (χ0) is 15.9. The van der Waals surface area contributed by atoms with E-state index in [9.17, 15) is 9.59 Å². The van der Waals surface area contributed by atoms with Gasteiger partial charge in [-0.2, -0.15) is 9.98 Å². The molecule has 0 radical (unpaired) electrons. The van der Waals surface area contributed by atoms with Gasteiger partial charge in [0.05, 0.1) is 14.2 Å². The fraction of sp³-hybridized carbons (Fsp3) is 0.125. The van der Waals surface area contributed by atoms with Gasteiger partial charge in [-0.15, -0.1) is 0 Å². The summed E-state index contributed by atoms with van der Waals surface area (Å²) in [6.07, 6.45) is 2.86. The first-order chi connectivity index (χ1) is 10.8. The Hall–Kier alpha value is -3.20. The lowest BCUT2D eigenvalue weighted by Gasteiger charge is -2.14. The first kappa shape index (κ1) is 15.2. The first-order valence-electron chi connectivity index (χ1n) is 6.27.